The number of amides is 2. The Balaban J connectivity index is 1.39. The Bertz CT molecular complexity index is 783. The minimum absolute atomic E-state index is 0.0677. The Labute approximate surface area is 153 Å². The van der Waals surface area contributed by atoms with E-state index in [0.29, 0.717) is 19.6 Å². The van der Waals surface area contributed by atoms with Gasteiger partial charge in [0, 0.05) is 44.1 Å². The monoisotopic (exact) mass is 349 g/mol. The van der Waals surface area contributed by atoms with Crippen LogP contribution in [0.3, 0.4) is 0 Å². The van der Waals surface area contributed by atoms with Crippen molar-refractivity contribution in [2.24, 2.45) is 5.41 Å². The van der Waals surface area contributed by atoms with Crippen molar-refractivity contribution < 1.29 is 9.59 Å². The molecule has 1 aromatic heterocycles. The standard InChI is InChI=1S/C21H23N3O2/c25-19(18-6-2-1-3-7-18)23-12-8-21(9-13-23)10-14-24(20(21)26)16-17-5-4-11-22-15-17/h1-7,11,15H,8-10,12-14,16H2. The summed E-state index contributed by atoms with van der Waals surface area (Å²) in [5.41, 5.74) is 1.50. The van der Waals surface area contributed by atoms with Crippen LogP contribution in [0.1, 0.15) is 35.2 Å². The van der Waals surface area contributed by atoms with Gasteiger partial charge in [0.05, 0.1) is 5.41 Å². The maximum atomic E-state index is 13.0. The molecule has 0 radical (unpaired) electrons. The molecule has 2 saturated heterocycles. The van der Waals surface area contributed by atoms with Gasteiger partial charge >= 0.3 is 0 Å². The average molecular weight is 349 g/mol. The predicted molar refractivity (Wildman–Crippen MR) is 98.3 cm³/mol. The van der Waals surface area contributed by atoms with Crippen molar-refractivity contribution in [1.82, 2.24) is 14.8 Å². The number of hydrogen-bond donors (Lipinski definition) is 0. The molecular weight excluding hydrogens is 326 g/mol. The number of carbonyl (C=O) groups is 2. The molecule has 5 nitrogen and oxygen atoms in total. The summed E-state index contributed by atoms with van der Waals surface area (Å²) in [5, 5.41) is 0. The van der Waals surface area contributed by atoms with Crippen LogP contribution in [0.4, 0.5) is 0 Å². The lowest BCUT2D eigenvalue weighted by atomic mass is 9.77. The fraction of sp³-hybridized carbons (Fsp3) is 0.381. The molecule has 0 atom stereocenters. The van der Waals surface area contributed by atoms with Crippen LogP contribution in [0.15, 0.2) is 54.9 Å². The number of nitrogens with zero attached hydrogens (tertiary/aromatic N) is 3. The molecule has 26 heavy (non-hydrogen) atoms. The fourth-order valence-electron chi connectivity index (χ4n) is 4.12. The van der Waals surface area contributed by atoms with Crippen molar-refractivity contribution in [2.45, 2.75) is 25.8 Å². The Hall–Kier alpha value is -2.69. The molecule has 1 aromatic carbocycles. The molecule has 134 valence electrons. The summed E-state index contributed by atoms with van der Waals surface area (Å²) in [6.07, 6.45) is 5.97. The predicted octanol–water partition coefficient (Wildman–Crippen LogP) is 2.74. The van der Waals surface area contributed by atoms with Gasteiger partial charge in [-0.25, -0.2) is 0 Å². The summed E-state index contributed by atoms with van der Waals surface area (Å²) in [6, 6.07) is 13.3. The quantitative estimate of drug-likeness (QED) is 0.856. The van der Waals surface area contributed by atoms with E-state index < -0.39 is 0 Å². The molecule has 0 unspecified atom stereocenters. The minimum Gasteiger partial charge on any atom is -0.339 e. The number of likely N-dealkylation sites (tertiary alicyclic amines) is 2. The van der Waals surface area contributed by atoms with Gasteiger partial charge in [0.2, 0.25) is 5.91 Å². The number of piperidine rings is 1. The molecule has 2 amide bonds. The summed E-state index contributed by atoms with van der Waals surface area (Å²) < 4.78 is 0. The van der Waals surface area contributed by atoms with E-state index >= 15 is 0 Å². The lowest BCUT2D eigenvalue weighted by molar-refractivity contribution is -0.138. The van der Waals surface area contributed by atoms with E-state index in [1.807, 2.05) is 58.5 Å². The Kier molecular flexibility index (Phi) is 4.45. The number of pyridine rings is 1. The molecule has 0 saturated carbocycles. The van der Waals surface area contributed by atoms with Gasteiger partial charge in [-0.1, -0.05) is 24.3 Å². The van der Waals surface area contributed by atoms with Gasteiger partial charge in [-0.05, 0) is 43.0 Å². The van der Waals surface area contributed by atoms with Gasteiger partial charge in [-0.15, -0.1) is 0 Å². The molecule has 1 spiro atoms. The topological polar surface area (TPSA) is 53.5 Å². The van der Waals surface area contributed by atoms with Crippen LogP contribution in [0.5, 0.6) is 0 Å². The Morgan fingerprint density at radius 1 is 1.00 bits per heavy atom. The molecular formula is C21H23N3O2. The number of benzene rings is 1. The lowest BCUT2D eigenvalue weighted by Crippen LogP contribution is -2.46. The third kappa shape index (κ3) is 3.09. The molecule has 0 bridgehead atoms. The summed E-state index contributed by atoms with van der Waals surface area (Å²) >= 11 is 0. The first-order valence-electron chi connectivity index (χ1n) is 9.21. The van der Waals surface area contributed by atoms with Gasteiger partial charge in [0.25, 0.3) is 5.91 Å². The number of aromatic nitrogens is 1. The van der Waals surface area contributed by atoms with Crippen LogP contribution >= 0.6 is 0 Å². The molecule has 2 aliphatic heterocycles. The first-order valence-corrected chi connectivity index (χ1v) is 9.21. The van der Waals surface area contributed by atoms with Crippen LogP contribution < -0.4 is 0 Å². The minimum atomic E-state index is -0.282. The number of carbonyl (C=O) groups excluding carboxylic acids is 2. The van der Waals surface area contributed by atoms with Gasteiger partial charge in [0.1, 0.15) is 0 Å². The summed E-state index contributed by atoms with van der Waals surface area (Å²) in [6.45, 7) is 2.72. The van der Waals surface area contributed by atoms with E-state index in [1.165, 1.54) is 0 Å². The Morgan fingerprint density at radius 2 is 1.73 bits per heavy atom. The third-order valence-electron chi connectivity index (χ3n) is 5.73. The van der Waals surface area contributed by atoms with Gasteiger partial charge < -0.3 is 9.80 Å². The van der Waals surface area contributed by atoms with Gasteiger partial charge in [-0.3, -0.25) is 14.6 Å². The molecule has 3 heterocycles. The highest BCUT2D eigenvalue weighted by Crippen LogP contribution is 2.42. The van der Waals surface area contributed by atoms with Crippen molar-refractivity contribution >= 4 is 11.8 Å². The lowest BCUT2D eigenvalue weighted by Gasteiger charge is -2.38. The zero-order valence-electron chi connectivity index (χ0n) is 14.8. The molecule has 0 aliphatic carbocycles. The first-order chi connectivity index (χ1) is 12.7. The summed E-state index contributed by atoms with van der Waals surface area (Å²) in [5.74, 6) is 0.311. The summed E-state index contributed by atoms with van der Waals surface area (Å²) in [4.78, 5) is 33.6. The maximum Gasteiger partial charge on any atom is 0.253 e. The van der Waals surface area contributed by atoms with Crippen LogP contribution in [-0.4, -0.2) is 46.2 Å². The normalized spacial score (nSPS) is 19.2. The van der Waals surface area contributed by atoms with E-state index in [0.717, 1.165) is 36.9 Å². The first kappa shape index (κ1) is 16.8. The molecule has 4 rings (SSSR count). The second kappa shape index (κ2) is 6.90. The zero-order chi connectivity index (χ0) is 18.0. The summed E-state index contributed by atoms with van der Waals surface area (Å²) in [7, 11) is 0. The third-order valence-corrected chi connectivity index (χ3v) is 5.73. The zero-order valence-corrected chi connectivity index (χ0v) is 14.8. The molecule has 5 heteroatoms. The van der Waals surface area contributed by atoms with E-state index in [4.69, 9.17) is 0 Å². The van der Waals surface area contributed by atoms with Crippen LogP contribution in [-0.2, 0) is 11.3 Å². The van der Waals surface area contributed by atoms with Crippen LogP contribution in [0.2, 0.25) is 0 Å². The highest BCUT2D eigenvalue weighted by atomic mass is 16.2. The van der Waals surface area contributed by atoms with E-state index in [2.05, 4.69) is 4.98 Å². The van der Waals surface area contributed by atoms with Crippen molar-refractivity contribution in [3.63, 3.8) is 0 Å². The average Bonchev–Trinajstić information content (AvgIpc) is 2.99. The number of hydrogen-bond acceptors (Lipinski definition) is 3. The van der Waals surface area contributed by atoms with Gasteiger partial charge in [0.15, 0.2) is 0 Å². The number of rotatable bonds is 3. The molecule has 2 fully saturated rings. The fourth-order valence-corrected chi connectivity index (χ4v) is 4.12. The second-order valence-corrected chi connectivity index (χ2v) is 7.28. The van der Waals surface area contributed by atoms with E-state index in [-0.39, 0.29) is 17.2 Å². The SMILES string of the molecule is O=C(c1ccccc1)N1CCC2(CC1)CCN(Cc1cccnc1)C2=O. The molecule has 2 aromatic rings. The molecule has 0 N–H and O–H groups in total. The van der Waals surface area contributed by atoms with Crippen molar-refractivity contribution in [2.75, 3.05) is 19.6 Å². The Morgan fingerprint density at radius 3 is 2.42 bits per heavy atom. The largest absolute Gasteiger partial charge is 0.339 e. The van der Waals surface area contributed by atoms with E-state index in [9.17, 15) is 9.59 Å². The second-order valence-electron chi connectivity index (χ2n) is 7.28. The van der Waals surface area contributed by atoms with Crippen molar-refractivity contribution in [3.05, 3.63) is 66.0 Å². The van der Waals surface area contributed by atoms with Crippen LogP contribution in [0.25, 0.3) is 0 Å². The van der Waals surface area contributed by atoms with Gasteiger partial charge in [-0.2, -0.15) is 0 Å². The van der Waals surface area contributed by atoms with Crippen LogP contribution in [0, 0.1) is 5.41 Å². The molecule has 2 aliphatic rings. The maximum absolute atomic E-state index is 13.0. The highest BCUT2D eigenvalue weighted by Gasteiger charge is 2.48. The van der Waals surface area contributed by atoms with Crippen molar-refractivity contribution in [3.8, 4) is 0 Å². The van der Waals surface area contributed by atoms with E-state index in [1.54, 1.807) is 6.20 Å². The highest BCUT2D eigenvalue weighted by molar-refractivity contribution is 5.94. The van der Waals surface area contributed by atoms with Crippen molar-refractivity contribution in [1.29, 1.82) is 0 Å². The smallest absolute Gasteiger partial charge is 0.253 e.